The Hall–Kier alpha value is -3.61. The van der Waals surface area contributed by atoms with Crippen molar-refractivity contribution in [3.05, 3.63) is 77.0 Å². The lowest BCUT2D eigenvalue weighted by atomic mass is 10.1. The molecule has 1 amide bonds. The Kier molecular flexibility index (Phi) is 7.75. The van der Waals surface area contributed by atoms with Crippen LogP contribution in [0.25, 0.3) is 6.08 Å². The average Bonchev–Trinajstić information content (AvgIpc) is 2.70. The van der Waals surface area contributed by atoms with Crippen LogP contribution in [0.2, 0.25) is 0 Å². The maximum absolute atomic E-state index is 12.6. The molecule has 0 saturated heterocycles. The quantitative estimate of drug-likeness (QED) is 0.438. The van der Waals surface area contributed by atoms with Gasteiger partial charge in [-0.25, -0.2) is 14.4 Å². The Morgan fingerprint density at radius 2 is 1.70 bits per heavy atom. The summed E-state index contributed by atoms with van der Waals surface area (Å²) in [4.78, 5) is 36.6. The van der Waals surface area contributed by atoms with E-state index in [1.165, 1.54) is 19.3 Å². The summed E-state index contributed by atoms with van der Waals surface area (Å²) in [5.74, 6) is -1.26. The molecular weight excluding hydrogens is 386 g/mol. The molecule has 30 heavy (non-hydrogen) atoms. The highest BCUT2D eigenvalue weighted by Crippen LogP contribution is 2.13. The molecule has 0 aliphatic carbocycles. The largest absolute Gasteiger partial charge is 0.465 e. The first-order chi connectivity index (χ1) is 14.2. The van der Waals surface area contributed by atoms with E-state index in [1.54, 1.807) is 39.0 Å². The molecule has 0 aromatic heterocycles. The zero-order valence-electron chi connectivity index (χ0n) is 17.4. The number of esters is 2. The molecule has 2 rings (SSSR count). The molecule has 7 heteroatoms. The summed E-state index contributed by atoms with van der Waals surface area (Å²) in [7, 11) is 1.28. The molecule has 0 radical (unpaired) electrons. The minimum absolute atomic E-state index is 0.0369. The molecule has 0 atom stereocenters. The van der Waals surface area contributed by atoms with E-state index in [0.29, 0.717) is 11.1 Å². The van der Waals surface area contributed by atoms with Gasteiger partial charge in [0.1, 0.15) is 17.9 Å². The minimum Gasteiger partial charge on any atom is -0.465 e. The topological polar surface area (TPSA) is 90.9 Å². The summed E-state index contributed by atoms with van der Waals surface area (Å²) in [6.45, 7) is 5.17. The average molecular weight is 411 g/mol. The lowest BCUT2D eigenvalue weighted by Gasteiger charge is -2.20. The van der Waals surface area contributed by atoms with Gasteiger partial charge >= 0.3 is 18.0 Å². The number of nitrogens with one attached hydrogen (secondary N) is 1. The fraction of sp³-hybridized carbons (Fsp3) is 0.261. The molecule has 158 valence electrons. The molecule has 0 aliphatic heterocycles. The molecule has 7 nitrogen and oxygen atoms in total. The fourth-order valence-electron chi connectivity index (χ4n) is 2.40. The maximum atomic E-state index is 12.6. The lowest BCUT2D eigenvalue weighted by molar-refractivity contribution is -0.140. The summed E-state index contributed by atoms with van der Waals surface area (Å²) >= 11 is 0. The van der Waals surface area contributed by atoms with Gasteiger partial charge in [0.15, 0.2) is 0 Å². The van der Waals surface area contributed by atoms with Crippen LogP contribution in [0, 0.1) is 0 Å². The van der Waals surface area contributed by atoms with Gasteiger partial charge in [-0.1, -0.05) is 42.5 Å². The molecule has 0 fully saturated rings. The fourth-order valence-corrected chi connectivity index (χ4v) is 2.40. The monoisotopic (exact) mass is 411 g/mol. The third-order valence-corrected chi connectivity index (χ3v) is 3.69. The Labute approximate surface area is 175 Å². The molecule has 1 N–H and O–H groups in total. The number of hydrogen-bond donors (Lipinski definition) is 1. The second-order valence-electron chi connectivity index (χ2n) is 7.36. The van der Waals surface area contributed by atoms with E-state index in [2.05, 4.69) is 5.32 Å². The smallest absolute Gasteiger partial charge is 0.412 e. The highest BCUT2D eigenvalue weighted by atomic mass is 16.6. The number of rotatable bonds is 6. The third kappa shape index (κ3) is 7.43. The standard InChI is InChI=1S/C23H25NO6/c1-23(2,3)30-22(27)24-19(21(26)29-15-16-9-6-5-7-10-16)14-17-11-8-12-18(13-17)20(25)28-4/h5-14H,15H2,1-4H3,(H,24,27)/b19-14-. The molecular formula is C23H25NO6. The maximum Gasteiger partial charge on any atom is 0.412 e. The number of hydrogen-bond acceptors (Lipinski definition) is 6. The van der Waals surface area contributed by atoms with Crippen molar-refractivity contribution in [2.45, 2.75) is 33.0 Å². The van der Waals surface area contributed by atoms with Crippen LogP contribution in [0.3, 0.4) is 0 Å². The van der Waals surface area contributed by atoms with Crippen LogP contribution < -0.4 is 5.32 Å². The van der Waals surface area contributed by atoms with Crippen LogP contribution in [0.1, 0.15) is 42.3 Å². The van der Waals surface area contributed by atoms with Crippen molar-refractivity contribution in [3.8, 4) is 0 Å². The number of ether oxygens (including phenoxy) is 3. The summed E-state index contributed by atoms with van der Waals surface area (Å²) in [6.07, 6.45) is 0.610. The van der Waals surface area contributed by atoms with Gasteiger partial charge in [0.2, 0.25) is 0 Å². The van der Waals surface area contributed by atoms with Gasteiger partial charge in [0.25, 0.3) is 0 Å². The zero-order valence-corrected chi connectivity index (χ0v) is 17.4. The Balaban J connectivity index is 2.25. The Bertz CT molecular complexity index is 928. The van der Waals surface area contributed by atoms with Crippen LogP contribution in [-0.4, -0.2) is 30.7 Å². The molecule has 2 aromatic carbocycles. The summed E-state index contributed by atoms with van der Waals surface area (Å²) in [5, 5.41) is 2.43. The highest BCUT2D eigenvalue weighted by Gasteiger charge is 2.21. The molecule has 0 heterocycles. The summed E-state index contributed by atoms with van der Waals surface area (Å²) in [6, 6.07) is 15.6. The molecule has 0 unspecified atom stereocenters. The number of alkyl carbamates (subject to hydrolysis) is 1. The lowest BCUT2D eigenvalue weighted by Crippen LogP contribution is -2.34. The SMILES string of the molecule is COC(=O)c1cccc(/C=C(\NC(=O)OC(C)(C)C)C(=O)OCc2ccccc2)c1. The van der Waals surface area contributed by atoms with Gasteiger partial charge in [0.05, 0.1) is 12.7 Å². The molecule has 0 spiro atoms. The van der Waals surface area contributed by atoms with Gasteiger partial charge in [-0.2, -0.15) is 0 Å². The minimum atomic E-state index is -0.797. The van der Waals surface area contributed by atoms with Crippen molar-refractivity contribution in [1.29, 1.82) is 0 Å². The normalized spacial score (nSPS) is 11.4. The first-order valence-corrected chi connectivity index (χ1v) is 9.29. The zero-order chi connectivity index (χ0) is 22.1. The van der Waals surface area contributed by atoms with Crippen molar-refractivity contribution in [2.24, 2.45) is 0 Å². The van der Waals surface area contributed by atoms with E-state index in [1.807, 2.05) is 30.3 Å². The van der Waals surface area contributed by atoms with Gasteiger partial charge in [-0.15, -0.1) is 0 Å². The van der Waals surface area contributed by atoms with E-state index in [0.717, 1.165) is 5.56 Å². The third-order valence-electron chi connectivity index (χ3n) is 3.69. The van der Waals surface area contributed by atoms with Crippen LogP contribution >= 0.6 is 0 Å². The summed E-state index contributed by atoms with van der Waals surface area (Å²) in [5.41, 5.74) is 0.743. The number of methoxy groups -OCH3 is 1. The Morgan fingerprint density at radius 1 is 1.00 bits per heavy atom. The van der Waals surface area contributed by atoms with Gasteiger partial charge < -0.3 is 14.2 Å². The first-order valence-electron chi connectivity index (χ1n) is 9.29. The molecule has 0 aliphatic rings. The van der Waals surface area contributed by atoms with Gasteiger partial charge in [0, 0.05) is 0 Å². The Morgan fingerprint density at radius 3 is 2.33 bits per heavy atom. The number of carbonyl (C=O) groups is 3. The molecule has 2 aromatic rings. The van der Waals surface area contributed by atoms with E-state index in [4.69, 9.17) is 14.2 Å². The molecule has 0 bridgehead atoms. The van der Waals surface area contributed by atoms with Crippen LogP contribution in [-0.2, 0) is 25.6 Å². The van der Waals surface area contributed by atoms with Crippen LogP contribution in [0.15, 0.2) is 60.3 Å². The van der Waals surface area contributed by atoms with Crippen LogP contribution in [0.4, 0.5) is 4.79 Å². The van der Waals surface area contributed by atoms with Gasteiger partial charge in [-0.05, 0) is 50.1 Å². The second-order valence-corrected chi connectivity index (χ2v) is 7.36. The number of amides is 1. The van der Waals surface area contributed by atoms with Crippen LogP contribution in [0.5, 0.6) is 0 Å². The van der Waals surface area contributed by atoms with Crippen molar-refractivity contribution >= 4 is 24.1 Å². The van der Waals surface area contributed by atoms with Crippen molar-refractivity contribution < 1.29 is 28.6 Å². The summed E-state index contributed by atoms with van der Waals surface area (Å²) < 4.78 is 15.3. The van der Waals surface area contributed by atoms with E-state index in [-0.39, 0.29) is 12.3 Å². The molecule has 0 saturated carbocycles. The van der Waals surface area contributed by atoms with Crippen molar-refractivity contribution in [1.82, 2.24) is 5.32 Å². The highest BCUT2D eigenvalue weighted by molar-refractivity contribution is 5.97. The predicted molar refractivity (Wildman–Crippen MR) is 111 cm³/mol. The predicted octanol–water partition coefficient (Wildman–Crippen LogP) is 4.08. The van der Waals surface area contributed by atoms with E-state index < -0.39 is 23.6 Å². The number of carbonyl (C=O) groups excluding carboxylic acids is 3. The van der Waals surface area contributed by atoms with Crippen molar-refractivity contribution in [3.63, 3.8) is 0 Å². The van der Waals surface area contributed by atoms with E-state index in [9.17, 15) is 14.4 Å². The first kappa shape index (κ1) is 22.7. The van der Waals surface area contributed by atoms with Gasteiger partial charge in [-0.3, -0.25) is 5.32 Å². The number of benzene rings is 2. The second kappa shape index (κ2) is 10.2. The van der Waals surface area contributed by atoms with Crippen molar-refractivity contribution in [2.75, 3.05) is 7.11 Å². The van der Waals surface area contributed by atoms with E-state index >= 15 is 0 Å².